The zero-order chi connectivity index (χ0) is 30.3. The summed E-state index contributed by atoms with van der Waals surface area (Å²) < 4.78 is 16.3. The van der Waals surface area contributed by atoms with Gasteiger partial charge >= 0.3 is 11.9 Å². The normalized spacial score (nSPS) is 12.7. The van der Waals surface area contributed by atoms with Gasteiger partial charge in [-0.25, -0.2) is 9.78 Å². The van der Waals surface area contributed by atoms with E-state index in [2.05, 4.69) is 86.5 Å². The Morgan fingerprint density at radius 1 is 0.756 bits per heavy atom. The number of hydrogen-bond acceptors (Lipinski definition) is 7. The molecule has 8 nitrogen and oxygen atoms in total. The van der Waals surface area contributed by atoms with E-state index in [4.69, 9.17) is 14.2 Å². The Hall–Kier alpha value is -4.20. The molecule has 2 aromatic carbocycles. The minimum absolute atomic E-state index is 0.122. The number of aromatic nitrogens is 1. The minimum atomic E-state index is -1.00. The first-order chi connectivity index (χ1) is 19.4. The molecule has 2 atom stereocenters. The first-order valence-electron chi connectivity index (χ1n) is 13.8. The van der Waals surface area contributed by atoms with Crippen molar-refractivity contribution in [2.45, 2.75) is 78.4 Å². The van der Waals surface area contributed by atoms with Crippen LogP contribution in [0.15, 0.2) is 60.8 Å². The van der Waals surface area contributed by atoms with E-state index < -0.39 is 30.0 Å². The van der Waals surface area contributed by atoms with Crippen LogP contribution in [0.4, 0.5) is 0 Å². The summed E-state index contributed by atoms with van der Waals surface area (Å²) in [5.41, 5.74) is 4.32. The Morgan fingerprint density at radius 2 is 1.24 bits per heavy atom. The molecule has 0 unspecified atom stereocenters. The number of amides is 1. The van der Waals surface area contributed by atoms with E-state index in [1.54, 1.807) is 0 Å². The number of carbonyl (C=O) groups is 3. The number of nitrogens with zero attached hydrogens (tertiary/aromatic N) is 1. The number of carbonyl (C=O) groups excluding carboxylic acids is 3. The highest BCUT2D eigenvalue weighted by molar-refractivity contribution is 5.98. The van der Waals surface area contributed by atoms with Crippen molar-refractivity contribution in [3.8, 4) is 11.5 Å². The Kier molecular flexibility index (Phi) is 10.6. The molecule has 0 radical (unpaired) electrons. The number of pyridine rings is 1. The molecule has 8 heteroatoms. The van der Waals surface area contributed by atoms with Crippen LogP contribution >= 0.6 is 0 Å². The molecule has 0 spiro atoms. The number of benzene rings is 2. The fourth-order valence-corrected chi connectivity index (χ4v) is 4.58. The average molecular weight is 561 g/mol. The maximum atomic E-state index is 13.2. The molecule has 1 heterocycles. The molecule has 1 N–H and O–H groups in total. The Morgan fingerprint density at radius 3 is 1.68 bits per heavy atom. The predicted octanol–water partition coefficient (Wildman–Crippen LogP) is 6.14. The van der Waals surface area contributed by atoms with Gasteiger partial charge in [-0.15, -0.1) is 0 Å². The van der Waals surface area contributed by atoms with Gasteiger partial charge in [-0.05, 0) is 47.9 Å². The van der Waals surface area contributed by atoms with Crippen molar-refractivity contribution in [2.24, 2.45) is 0 Å². The molecular formula is C33H40N2O6. The average Bonchev–Trinajstić information content (AvgIpc) is 2.93. The summed E-state index contributed by atoms with van der Waals surface area (Å²) in [6.45, 7) is 13.2. The highest BCUT2D eigenvalue weighted by Crippen LogP contribution is 2.33. The lowest BCUT2D eigenvalue weighted by Crippen LogP contribution is -2.41. The predicted molar refractivity (Wildman–Crippen MR) is 157 cm³/mol. The van der Waals surface area contributed by atoms with E-state index in [0.717, 1.165) is 11.1 Å². The third-order valence-electron chi connectivity index (χ3n) is 6.95. The molecule has 3 rings (SSSR count). The summed E-state index contributed by atoms with van der Waals surface area (Å²) in [7, 11) is 1.38. The van der Waals surface area contributed by atoms with E-state index >= 15 is 0 Å². The molecule has 0 saturated heterocycles. The third kappa shape index (κ3) is 7.93. The van der Waals surface area contributed by atoms with Gasteiger partial charge in [-0.3, -0.25) is 9.59 Å². The van der Waals surface area contributed by atoms with Crippen LogP contribution in [0.5, 0.6) is 11.5 Å². The van der Waals surface area contributed by atoms with Gasteiger partial charge < -0.3 is 19.5 Å². The first kappa shape index (κ1) is 31.3. The van der Waals surface area contributed by atoms with Gasteiger partial charge in [0.05, 0.1) is 7.11 Å². The molecule has 1 aromatic heterocycles. The largest absolute Gasteiger partial charge is 0.493 e. The van der Waals surface area contributed by atoms with Crippen molar-refractivity contribution in [1.29, 1.82) is 0 Å². The summed E-state index contributed by atoms with van der Waals surface area (Å²) in [5, 5.41) is 2.60. The third-order valence-corrected chi connectivity index (χ3v) is 6.95. The second-order valence-electron chi connectivity index (χ2n) is 10.7. The molecule has 0 bridgehead atoms. The van der Waals surface area contributed by atoms with Gasteiger partial charge in [-0.2, -0.15) is 0 Å². The molecule has 0 fully saturated rings. The molecule has 0 aliphatic rings. The second-order valence-corrected chi connectivity index (χ2v) is 10.7. The highest BCUT2D eigenvalue weighted by Gasteiger charge is 2.29. The molecule has 41 heavy (non-hydrogen) atoms. The van der Waals surface area contributed by atoms with Crippen LogP contribution in [-0.2, 0) is 14.3 Å². The Balaban J connectivity index is 1.82. The number of nitrogens with one attached hydrogen (secondary N) is 1. The zero-order valence-electron chi connectivity index (χ0n) is 25.1. The molecule has 3 aromatic rings. The van der Waals surface area contributed by atoms with E-state index in [0.29, 0.717) is 11.8 Å². The fraction of sp³-hybridized carbons (Fsp3) is 0.394. The van der Waals surface area contributed by atoms with E-state index in [-0.39, 0.29) is 23.1 Å². The molecular weight excluding hydrogens is 520 g/mol. The number of rotatable bonds is 11. The molecule has 0 aliphatic heterocycles. The van der Waals surface area contributed by atoms with Gasteiger partial charge in [0, 0.05) is 25.1 Å². The number of methoxy groups -OCH3 is 1. The Bertz CT molecular complexity index is 1300. The lowest BCUT2D eigenvalue weighted by atomic mass is 9.85. The van der Waals surface area contributed by atoms with E-state index in [9.17, 15) is 14.4 Å². The van der Waals surface area contributed by atoms with E-state index in [1.807, 2.05) is 6.92 Å². The van der Waals surface area contributed by atoms with Crippen molar-refractivity contribution in [3.05, 3.63) is 88.7 Å². The quantitative estimate of drug-likeness (QED) is 0.281. The van der Waals surface area contributed by atoms with Crippen molar-refractivity contribution >= 4 is 17.8 Å². The lowest BCUT2D eigenvalue weighted by molar-refractivity contribution is -0.150. The van der Waals surface area contributed by atoms with Crippen LogP contribution in [0, 0.1) is 0 Å². The van der Waals surface area contributed by atoms with Crippen molar-refractivity contribution in [3.63, 3.8) is 0 Å². The van der Waals surface area contributed by atoms with Crippen LogP contribution in [0.25, 0.3) is 0 Å². The first-order valence-corrected chi connectivity index (χ1v) is 13.8. The van der Waals surface area contributed by atoms with Crippen LogP contribution < -0.4 is 14.8 Å². The Labute approximate surface area is 242 Å². The zero-order valence-corrected chi connectivity index (χ0v) is 25.1. The van der Waals surface area contributed by atoms with Gasteiger partial charge in [0.25, 0.3) is 5.91 Å². The standard InChI is InChI=1S/C33H40N2O6/c1-19(2)24-9-13-26(14-10-24)29(27-15-11-25(12-16-27)20(3)4)22(6)40-33(38)21(5)35-32(37)30-31(41-23(7)36)28(39-8)17-18-34-30/h9-22,29H,1-8H3,(H,35,37)/t21-,22-/m0/s1. The SMILES string of the molecule is COc1ccnc(C(=O)N[C@@H](C)C(=O)O[C@@H](C)C(c2ccc(C(C)C)cc2)c2ccc(C(C)C)cc2)c1OC(C)=O. The summed E-state index contributed by atoms with van der Waals surface area (Å²) in [6.07, 6.45) is 0.814. The summed E-state index contributed by atoms with van der Waals surface area (Å²) >= 11 is 0. The van der Waals surface area contributed by atoms with Crippen molar-refractivity contribution in [2.75, 3.05) is 7.11 Å². The van der Waals surface area contributed by atoms with E-state index in [1.165, 1.54) is 44.3 Å². The minimum Gasteiger partial charge on any atom is -0.493 e. The molecule has 0 saturated carbocycles. The number of hydrogen-bond donors (Lipinski definition) is 1. The molecule has 0 aliphatic carbocycles. The lowest BCUT2D eigenvalue weighted by Gasteiger charge is -2.27. The van der Waals surface area contributed by atoms with Crippen molar-refractivity contribution in [1.82, 2.24) is 10.3 Å². The second kappa shape index (κ2) is 13.9. The number of ether oxygens (including phenoxy) is 3. The highest BCUT2D eigenvalue weighted by atomic mass is 16.6. The van der Waals surface area contributed by atoms with Gasteiger partial charge in [-0.1, -0.05) is 76.2 Å². The topological polar surface area (TPSA) is 104 Å². The van der Waals surface area contributed by atoms with Gasteiger partial charge in [0.15, 0.2) is 11.4 Å². The summed E-state index contributed by atoms with van der Waals surface area (Å²) in [4.78, 5) is 41.9. The maximum absolute atomic E-state index is 13.2. The fourth-order valence-electron chi connectivity index (χ4n) is 4.58. The number of esters is 2. The van der Waals surface area contributed by atoms with Crippen LogP contribution in [-0.4, -0.2) is 42.1 Å². The molecule has 218 valence electrons. The van der Waals surface area contributed by atoms with Crippen molar-refractivity contribution < 1.29 is 28.6 Å². The van der Waals surface area contributed by atoms with Gasteiger partial charge in [0.1, 0.15) is 12.1 Å². The maximum Gasteiger partial charge on any atom is 0.328 e. The van der Waals surface area contributed by atoms with Crippen LogP contribution in [0.3, 0.4) is 0 Å². The summed E-state index contributed by atoms with van der Waals surface area (Å²) in [6, 6.07) is 17.2. The summed E-state index contributed by atoms with van der Waals surface area (Å²) in [5.74, 6) is -1.34. The van der Waals surface area contributed by atoms with Crippen LogP contribution in [0.2, 0.25) is 0 Å². The smallest absolute Gasteiger partial charge is 0.328 e. The monoisotopic (exact) mass is 560 g/mol. The van der Waals surface area contributed by atoms with Gasteiger partial charge in [0.2, 0.25) is 5.75 Å². The van der Waals surface area contributed by atoms with Crippen LogP contribution in [0.1, 0.15) is 99.0 Å². The molecule has 1 amide bonds.